The van der Waals surface area contributed by atoms with Crippen LogP contribution in [0.2, 0.25) is 0 Å². The molecule has 37 heavy (non-hydrogen) atoms. The molecule has 3 heteroatoms. The fourth-order valence-corrected chi connectivity index (χ4v) is 6.45. The monoisotopic (exact) mass is 506 g/mol. The summed E-state index contributed by atoms with van der Waals surface area (Å²) in [6.07, 6.45) is 18.8. The number of ether oxygens (including phenoxy) is 1. The number of rotatable bonds is 11. The maximum atomic E-state index is 12.3. The van der Waals surface area contributed by atoms with Gasteiger partial charge in [-0.15, -0.1) is 0 Å². The molecule has 2 aliphatic rings. The molecule has 0 saturated heterocycles. The van der Waals surface area contributed by atoms with Gasteiger partial charge >= 0.3 is 5.97 Å². The zero-order valence-electron chi connectivity index (χ0n) is 23.3. The van der Waals surface area contributed by atoms with E-state index < -0.39 is 0 Å². The fraction of sp³-hybridized carbons (Fsp3) is 0.618. The normalized spacial score (nSPS) is 18.3. The molecule has 0 aliphatic heterocycles. The Balaban J connectivity index is 0.000000208. The average molecular weight is 507 g/mol. The Morgan fingerprint density at radius 2 is 1.22 bits per heavy atom. The third-order valence-electron chi connectivity index (χ3n) is 8.75. The standard InChI is InChI=1S/C18H26O2.C16H24O/c1-2-20-17(19)18(13-7-4-8-14-18)15-9-12-16-10-5-3-6-11-16;17-14-16(11-5-2-6-12-16)13-7-10-15-8-3-1-4-9-15/h3,5-6,10-11H,2,4,7-9,12-15H2,1H3;1,3-4,8-9,17H,2,5-7,10-14H2. The average Bonchev–Trinajstić information content (AvgIpc) is 2.96. The van der Waals surface area contributed by atoms with E-state index in [1.54, 1.807) is 0 Å². The number of aliphatic hydroxyl groups is 1. The summed E-state index contributed by atoms with van der Waals surface area (Å²) in [5, 5.41) is 9.64. The van der Waals surface area contributed by atoms with Gasteiger partial charge in [0.1, 0.15) is 0 Å². The lowest BCUT2D eigenvalue weighted by atomic mass is 9.71. The van der Waals surface area contributed by atoms with Gasteiger partial charge in [0.15, 0.2) is 0 Å². The van der Waals surface area contributed by atoms with Gasteiger partial charge in [0, 0.05) is 6.61 Å². The smallest absolute Gasteiger partial charge is 0.312 e. The summed E-state index contributed by atoms with van der Waals surface area (Å²) in [6, 6.07) is 21.2. The molecule has 3 nitrogen and oxygen atoms in total. The number of aryl methyl sites for hydroxylation is 2. The first-order chi connectivity index (χ1) is 18.1. The van der Waals surface area contributed by atoms with Crippen molar-refractivity contribution in [1.29, 1.82) is 0 Å². The lowest BCUT2D eigenvalue weighted by molar-refractivity contribution is -0.158. The molecule has 0 bridgehead atoms. The van der Waals surface area contributed by atoms with Crippen LogP contribution in [0.25, 0.3) is 0 Å². The van der Waals surface area contributed by atoms with Crippen LogP contribution in [-0.2, 0) is 22.4 Å². The molecule has 204 valence electrons. The Labute approximate surface area is 226 Å². The van der Waals surface area contributed by atoms with Gasteiger partial charge in [0.05, 0.1) is 12.0 Å². The minimum absolute atomic E-state index is 0.0489. The molecule has 0 unspecified atom stereocenters. The van der Waals surface area contributed by atoms with E-state index in [-0.39, 0.29) is 16.8 Å². The van der Waals surface area contributed by atoms with Crippen LogP contribution in [0.15, 0.2) is 60.7 Å². The Morgan fingerprint density at radius 3 is 1.70 bits per heavy atom. The zero-order valence-corrected chi connectivity index (χ0v) is 23.3. The molecule has 0 aromatic heterocycles. The predicted molar refractivity (Wildman–Crippen MR) is 154 cm³/mol. The zero-order chi connectivity index (χ0) is 26.2. The van der Waals surface area contributed by atoms with Crippen LogP contribution in [0.4, 0.5) is 0 Å². The van der Waals surface area contributed by atoms with Crippen molar-refractivity contribution in [1.82, 2.24) is 0 Å². The summed E-state index contributed by atoms with van der Waals surface area (Å²) in [5.41, 5.74) is 2.86. The van der Waals surface area contributed by atoms with E-state index in [2.05, 4.69) is 54.6 Å². The van der Waals surface area contributed by atoms with Gasteiger partial charge in [-0.05, 0) is 87.7 Å². The SMILES string of the molecule is CCOC(=O)C1(CCCc2ccccc2)CCCCC1.OCC1(CCCc2ccccc2)CCCCC1. The summed E-state index contributed by atoms with van der Waals surface area (Å²) in [5.74, 6) is 0.0489. The first kappa shape index (κ1) is 29.4. The van der Waals surface area contributed by atoms with Gasteiger partial charge < -0.3 is 9.84 Å². The van der Waals surface area contributed by atoms with Crippen LogP contribution >= 0.6 is 0 Å². The van der Waals surface area contributed by atoms with E-state index in [1.165, 1.54) is 75.3 Å². The van der Waals surface area contributed by atoms with Crippen molar-refractivity contribution in [2.75, 3.05) is 13.2 Å². The second-order valence-corrected chi connectivity index (χ2v) is 11.5. The molecule has 0 atom stereocenters. The van der Waals surface area contributed by atoms with Gasteiger partial charge in [0.2, 0.25) is 0 Å². The molecule has 2 aromatic rings. The van der Waals surface area contributed by atoms with Crippen molar-refractivity contribution in [2.24, 2.45) is 10.8 Å². The fourth-order valence-electron chi connectivity index (χ4n) is 6.45. The second kappa shape index (κ2) is 16.0. The summed E-state index contributed by atoms with van der Waals surface area (Å²) >= 11 is 0. The third kappa shape index (κ3) is 9.60. The molecule has 2 saturated carbocycles. The number of hydrogen-bond acceptors (Lipinski definition) is 3. The summed E-state index contributed by atoms with van der Waals surface area (Å²) in [6.45, 7) is 2.79. The molecule has 0 spiro atoms. The van der Waals surface area contributed by atoms with Crippen LogP contribution in [0.5, 0.6) is 0 Å². The van der Waals surface area contributed by atoms with E-state index in [4.69, 9.17) is 4.74 Å². The van der Waals surface area contributed by atoms with E-state index in [0.717, 1.165) is 38.5 Å². The topological polar surface area (TPSA) is 46.5 Å². The van der Waals surface area contributed by atoms with Crippen molar-refractivity contribution in [3.05, 3.63) is 71.8 Å². The minimum Gasteiger partial charge on any atom is -0.466 e. The highest BCUT2D eigenvalue weighted by molar-refractivity contribution is 5.76. The minimum atomic E-state index is -0.191. The molecule has 2 aliphatic carbocycles. The Morgan fingerprint density at radius 1 is 0.730 bits per heavy atom. The Hall–Kier alpha value is -2.13. The first-order valence-electron chi connectivity index (χ1n) is 15.0. The van der Waals surface area contributed by atoms with Gasteiger partial charge in [-0.25, -0.2) is 0 Å². The summed E-state index contributed by atoms with van der Waals surface area (Å²) in [7, 11) is 0. The maximum absolute atomic E-state index is 12.3. The Kier molecular flexibility index (Phi) is 12.7. The van der Waals surface area contributed by atoms with Crippen molar-refractivity contribution in [2.45, 2.75) is 110 Å². The number of benzene rings is 2. The highest BCUT2D eigenvalue weighted by atomic mass is 16.5. The molecule has 1 N–H and O–H groups in total. The van der Waals surface area contributed by atoms with Gasteiger partial charge in [-0.3, -0.25) is 4.79 Å². The maximum Gasteiger partial charge on any atom is 0.312 e. The molecule has 0 heterocycles. The number of aliphatic hydroxyl groups excluding tert-OH is 1. The number of carbonyl (C=O) groups excluding carboxylic acids is 1. The van der Waals surface area contributed by atoms with Gasteiger partial charge in [-0.1, -0.05) is 99.2 Å². The molecule has 2 aromatic carbocycles. The van der Waals surface area contributed by atoms with Crippen molar-refractivity contribution < 1.29 is 14.6 Å². The first-order valence-corrected chi connectivity index (χ1v) is 15.0. The van der Waals surface area contributed by atoms with E-state index in [9.17, 15) is 9.90 Å². The van der Waals surface area contributed by atoms with Crippen LogP contribution in [0.3, 0.4) is 0 Å². The van der Waals surface area contributed by atoms with Crippen LogP contribution in [-0.4, -0.2) is 24.3 Å². The lowest BCUT2D eigenvalue weighted by Crippen LogP contribution is -2.35. The van der Waals surface area contributed by atoms with Gasteiger partial charge in [0.25, 0.3) is 0 Å². The van der Waals surface area contributed by atoms with E-state index in [1.807, 2.05) is 13.0 Å². The van der Waals surface area contributed by atoms with Crippen LogP contribution < -0.4 is 0 Å². The molecular weight excluding hydrogens is 456 g/mol. The molecule has 4 rings (SSSR count). The largest absolute Gasteiger partial charge is 0.466 e. The number of carbonyl (C=O) groups is 1. The van der Waals surface area contributed by atoms with Crippen LogP contribution in [0.1, 0.15) is 108 Å². The molecule has 0 amide bonds. The van der Waals surface area contributed by atoms with Crippen LogP contribution in [0, 0.1) is 10.8 Å². The highest BCUT2D eigenvalue weighted by Crippen LogP contribution is 2.42. The van der Waals surface area contributed by atoms with Crippen molar-refractivity contribution in [3.8, 4) is 0 Å². The highest BCUT2D eigenvalue weighted by Gasteiger charge is 2.40. The number of hydrogen-bond donors (Lipinski definition) is 1. The van der Waals surface area contributed by atoms with E-state index in [0.29, 0.717) is 13.2 Å². The molecule has 0 radical (unpaired) electrons. The molecular formula is C34H50O3. The molecule has 2 fully saturated rings. The van der Waals surface area contributed by atoms with Gasteiger partial charge in [-0.2, -0.15) is 0 Å². The predicted octanol–water partition coefficient (Wildman–Crippen LogP) is 8.48. The summed E-state index contributed by atoms with van der Waals surface area (Å²) in [4.78, 5) is 12.3. The van der Waals surface area contributed by atoms with Crippen molar-refractivity contribution in [3.63, 3.8) is 0 Å². The quantitative estimate of drug-likeness (QED) is 0.311. The summed E-state index contributed by atoms with van der Waals surface area (Å²) < 4.78 is 5.35. The third-order valence-corrected chi connectivity index (χ3v) is 8.75. The lowest BCUT2D eigenvalue weighted by Gasteiger charge is -2.35. The number of esters is 1. The second-order valence-electron chi connectivity index (χ2n) is 11.5. The van der Waals surface area contributed by atoms with E-state index >= 15 is 0 Å². The Bertz CT molecular complexity index is 864. The van der Waals surface area contributed by atoms with Crippen molar-refractivity contribution >= 4 is 5.97 Å².